The normalized spacial score (nSPS) is 12.4. The van der Waals surface area contributed by atoms with Crippen molar-refractivity contribution in [2.45, 2.75) is 25.4 Å². The second-order valence-corrected chi connectivity index (χ2v) is 4.80. The Balaban J connectivity index is 3.56. The Bertz CT molecular complexity index is 453. The second kappa shape index (κ2) is 5.28. The third-order valence-corrected chi connectivity index (χ3v) is 2.96. The number of hydrogen-bond acceptors (Lipinski definition) is 3. The number of rotatable bonds is 4. The van der Waals surface area contributed by atoms with E-state index in [2.05, 4.69) is 0 Å². The summed E-state index contributed by atoms with van der Waals surface area (Å²) in [7, 11) is 2.43. The first-order valence-corrected chi connectivity index (χ1v) is 5.62. The zero-order valence-corrected chi connectivity index (χ0v) is 11.3. The molecule has 0 atom stereocenters. The van der Waals surface area contributed by atoms with Crippen molar-refractivity contribution in [1.82, 2.24) is 0 Å². The molecule has 0 aromatic heterocycles. The largest absolute Gasteiger partial charge is 0.493 e. The van der Waals surface area contributed by atoms with Gasteiger partial charge in [0.2, 0.25) is 0 Å². The highest BCUT2D eigenvalue weighted by atomic mass is 19.4. The molecule has 0 bridgehead atoms. The number of ether oxygens (including phenoxy) is 2. The van der Waals surface area contributed by atoms with Gasteiger partial charge >= 0.3 is 6.18 Å². The van der Waals surface area contributed by atoms with Crippen molar-refractivity contribution >= 4 is 0 Å². The Hall–Kier alpha value is -1.43. The highest BCUT2D eigenvalue weighted by Gasteiger charge is 2.37. The molecule has 1 N–H and O–H groups in total. The van der Waals surface area contributed by atoms with E-state index in [9.17, 15) is 18.3 Å². The van der Waals surface area contributed by atoms with Gasteiger partial charge in [0.25, 0.3) is 0 Å². The summed E-state index contributed by atoms with van der Waals surface area (Å²) in [5.41, 5.74) is -1.38. The maximum atomic E-state index is 13.0. The molecule has 0 heterocycles. The number of halogens is 3. The van der Waals surface area contributed by atoms with E-state index in [1.807, 2.05) is 0 Å². The van der Waals surface area contributed by atoms with Gasteiger partial charge in [0, 0.05) is 5.41 Å². The summed E-state index contributed by atoms with van der Waals surface area (Å²) in [6.45, 7) is 3.02. The third-order valence-electron chi connectivity index (χ3n) is 2.96. The number of hydrogen-bond donors (Lipinski definition) is 1. The van der Waals surface area contributed by atoms with E-state index in [0.29, 0.717) is 5.56 Å². The molecule has 0 unspecified atom stereocenters. The van der Waals surface area contributed by atoms with E-state index in [-0.39, 0.29) is 18.1 Å². The van der Waals surface area contributed by atoms with Crippen LogP contribution in [0, 0.1) is 0 Å². The fourth-order valence-electron chi connectivity index (χ4n) is 1.66. The van der Waals surface area contributed by atoms with Gasteiger partial charge in [-0.05, 0) is 17.7 Å². The molecule has 3 nitrogen and oxygen atoms in total. The van der Waals surface area contributed by atoms with E-state index in [0.717, 1.165) is 13.2 Å². The van der Waals surface area contributed by atoms with Gasteiger partial charge in [-0.2, -0.15) is 13.2 Å². The SMILES string of the molecule is COc1cc(C(C)(C)CO)cc(C(F)(F)F)c1OC. The average Bonchev–Trinajstić information content (AvgIpc) is 2.35. The molecule has 0 amide bonds. The Morgan fingerprint density at radius 1 is 1.11 bits per heavy atom. The minimum atomic E-state index is -4.56. The van der Waals surface area contributed by atoms with Crippen molar-refractivity contribution in [3.63, 3.8) is 0 Å². The van der Waals surface area contributed by atoms with Gasteiger partial charge in [-0.1, -0.05) is 13.8 Å². The molecule has 6 heteroatoms. The van der Waals surface area contributed by atoms with Crippen molar-refractivity contribution < 1.29 is 27.8 Å². The number of methoxy groups -OCH3 is 2. The summed E-state index contributed by atoms with van der Waals surface area (Å²) in [6.07, 6.45) is -4.56. The van der Waals surface area contributed by atoms with Crippen molar-refractivity contribution in [2.75, 3.05) is 20.8 Å². The fraction of sp³-hybridized carbons (Fsp3) is 0.538. The molecule has 1 rings (SSSR count). The van der Waals surface area contributed by atoms with Crippen LogP contribution in [0.15, 0.2) is 12.1 Å². The molecule has 1 aromatic rings. The molecular formula is C13H17F3O3. The molecule has 0 aliphatic rings. The van der Waals surface area contributed by atoms with Gasteiger partial charge in [0.05, 0.1) is 20.8 Å². The molecule has 19 heavy (non-hydrogen) atoms. The predicted octanol–water partition coefficient (Wildman–Crippen LogP) is 2.99. The van der Waals surface area contributed by atoms with Crippen LogP contribution in [-0.2, 0) is 11.6 Å². The van der Waals surface area contributed by atoms with E-state index in [1.54, 1.807) is 13.8 Å². The van der Waals surface area contributed by atoms with Crippen molar-refractivity contribution in [2.24, 2.45) is 0 Å². The van der Waals surface area contributed by atoms with Crippen LogP contribution >= 0.6 is 0 Å². The molecular weight excluding hydrogens is 261 g/mol. The second-order valence-electron chi connectivity index (χ2n) is 4.80. The number of benzene rings is 1. The quantitative estimate of drug-likeness (QED) is 0.920. The zero-order chi connectivity index (χ0) is 14.8. The number of aliphatic hydroxyl groups is 1. The molecule has 0 spiro atoms. The van der Waals surface area contributed by atoms with Gasteiger partial charge in [-0.3, -0.25) is 0 Å². The molecule has 0 aliphatic heterocycles. The van der Waals surface area contributed by atoms with Crippen LogP contribution in [0.2, 0.25) is 0 Å². The summed E-state index contributed by atoms with van der Waals surface area (Å²) in [5, 5.41) is 9.28. The van der Waals surface area contributed by atoms with E-state index >= 15 is 0 Å². The van der Waals surface area contributed by atoms with Crippen molar-refractivity contribution in [3.8, 4) is 11.5 Å². The Kier molecular flexibility index (Phi) is 4.35. The van der Waals surface area contributed by atoms with Crippen molar-refractivity contribution in [1.29, 1.82) is 0 Å². The van der Waals surface area contributed by atoms with E-state index in [4.69, 9.17) is 9.47 Å². The monoisotopic (exact) mass is 278 g/mol. The minimum Gasteiger partial charge on any atom is -0.493 e. The van der Waals surface area contributed by atoms with Gasteiger partial charge < -0.3 is 14.6 Å². The maximum absolute atomic E-state index is 13.0. The molecule has 0 saturated carbocycles. The zero-order valence-electron chi connectivity index (χ0n) is 11.3. The Labute approximate surface area is 110 Å². The third kappa shape index (κ3) is 3.12. The summed E-state index contributed by atoms with van der Waals surface area (Å²) >= 11 is 0. The standard InChI is InChI=1S/C13H17F3O3/c1-12(2,7-17)8-5-9(13(14,15)16)11(19-4)10(6-8)18-3/h5-6,17H,7H2,1-4H3. The topological polar surface area (TPSA) is 38.7 Å². The van der Waals surface area contributed by atoms with Crippen LogP contribution in [0.25, 0.3) is 0 Å². The first-order chi connectivity index (χ1) is 8.67. The van der Waals surface area contributed by atoms with Crippen LogP contribution < -0.4 is 9.47 Å². The van der Waals surface area contributed by atoms with Crippen LogP contribution in [0.5, 0.6) is 11.5 Å². The highest BCUT2D eigenvalue weighted by Crippen LogP contribution is 2.44. The van der Waals surface area contributed by atoms with Crippen LogP contribution in [0.3, 0.4) is 0 Å². The lowest BCUT2D eigenvalue weighted by Gasteiger charge is -2.25. The van der Waals surface area contributed by atoms with Crippen molar-refractivity contribution in [3.05, 3.63) is 23.3 Å². The molecule has 0 saturated heterocycles. The van der Waals surface area contributed by atoms with Crippen LogP contribution in [0.4, 0.5) is 13.2 Å². The highest BCUT2D eigenvalue weighted by molar-refractivity contribution is 5.52. The first kappa shape index (κ1) is 15.6. The predicted molar refractivity (Wildman–Crippen MR) is 64.7 cm³/mol. The molecule has 0 fully saturated rings. The summed E-state index contributed by atoms with van der Waals surface area (Å²) < 4.78 is 48.8. The smallest absolute Gasteiger partial charge is 0.420 e. The molecule has 0 radical (unpaired) electrons. The lowest BCUT2D eigenvalue weighted by molar-refractivity contribution is -0.139. The Morgan fingerprint density at radius 3 is 2.05 bits per heavy atom. The molecule has 108 valence electrons. The number of aliphatic hydroxyl groups excluding tert-OH is 1. The average molecular weight is 278 g/mol. The first-order valence-electron chi connectivity index (χ1n) is 5.62. The van der Waals surface area contributed by atoms with Gasteiger partial charge in [0.15, 0.2) is 11.5 Å². The molecule has 0 aliphatic carbocycles. The summed E-state index contributed by atoms with van der Waals surface area (Å²) in [4.78, 5) is 0. The van der Waals surface area contributed by atoms with E-state index < -0.39 is 17.2 Å². The lowest BCUT2D eigenvalue weighted by atomic mass is 9.84. The van der Waals surface area contributed by atoms with Gasteiger partial charge in [-0.25, -0.2) is 0 Å². The maximum Gasteiger partial charge on any atom is 0.420 e. The number of alkyl halides is 3. The fourth-order valence-corrected chi connectivity index (χ4v) is 1.66. The minimum absolute atomic E-state index is 0.00569. The Morgan fingerprint density at radius 2 is 1.68 bits per heavy atom. The van der Waals surface area contributed by atoms with Gasteiger partial charge in [0.1, 0.15) is 5.56 Å². The summed E-state index contributed by atoms with van der Waals surface area (Å²) in [6, 6.07) is 2.43. The lowest BCUT2D eigenvalue weighted by Crippen LogP contribution is -2.23. The van der Waals surface area contributed by atoms with Crippen LogP contribution in [-0.4, -0.2) is 25.9 Å². The summed E-state index contributed by atoms with van der Waals surface area (Å²) in [5.74, 6) is -0.360. The van der Waals surface area contributed by atoms with Gasteiger partial charge in [-0.15, -0.1) is 0 Å². The van der Waals surface area contributed by atoms with Crippen LogP contribution in [0.1, 0.15) is 25.0 Å². The molecule has 1 aromatic carbocycles. The van der Waals surface area contributed by atoms with E-state index in [1.165, 1.54) is 13.2 Å².